The van der Waals surface area contributed by atoms with Crippen LogP contribution in [-0.2, 0) is 11.3 Å². The number of nitrogens with one attached hydrogen (secondary N) is 2. The number of rotatable bonds is 4. The summed E-state index contributed by atoms with van der Waals surface area (Å²) in [7, 11) is 2.25. The van der Waals surface area contributed by atoms with Crippen LogP contribution in [0.2, 0.25) is 0 Å². The van der Waals surface area contributed by atoms with E-state index in [0.29, 0.717) is 6.04 Å². The van der Waals surface area contributed by atoms with E-state index < -0.39 is 0 Å². The molecule has 1 saturated carbocycles. The number of morpholine rings is 1. The van der Waals surface area contributed by atoms with Crippen LogP contribution in [0.5, 0.6) is 0 Å². The molecule has 146 valence electrons. The van der Waals surface area contributed by atoms with Crippen molar-refractivity contribution in [1.82, 2.24) is 4.98 Å². The average Bonchev–Trinajstić information content (AvgIpc) is 2.72. The lowest BCUT2D eigenvalue weighted by Crippen LogP contribution is -3.12. The van der Waals surface area contributed by atoms with Crippen LogP contribution in [0, 0.1) is 6.92 Å². The molecule has 2 aliphatic rings. The average molecular weight is 371 g/mol. The number of benzene rings is 1. The van der Waals surface area contributed by atoms with Gasteiger partial charge in [0.1, 0.15) is 6.54 Å². The lowest BCUT2D eigenvalue weighted by molar-refractivity contribution is -0.921. The number of aryl methyl sites for hydroxylation is 1. The minimum atomic E-state index is 0.200. The highest BCUT2D eigenvalue weighted by molar-refractivity contribution is 5.83. The fourth-order valence-corrected chi connectivity index (χ4v) is 4.69. The van der Waals surface area contributed by atoms with E-state index in [9.17, 15) is 4.79 Å². The molecule has 1 aliphatic carbocycles. The summed E-state index contributed by atoms with van der Waals surface area (Å²) in [5.74, 6) is 0. The number of quaternary nitrogens is 1. The maximum atomic E-state index is 13.3. The zero-order valence-corrected chi connectivity index (χ0v) is 16.6. The fourth-order valence-electron chi connectivity index (χ4n) is 4.69. The first kappa shape index (κ1) is 18.5. The first-order valence-electron chi connectivity index (χ1n) is 10.4. The third-order valence-corrected chi connectivity index (χ3v) is 6.43. The number of hydrogen-bond donors (Lipinski definition) is 2. The summed E-state index contributed by atoms with van der Waals surface area (Å²) < 4.78 is 5.46. The molecule has 1 aromatic heterocycles. The van der Waals surface area contributed by atoms with Crippen LogP contribution < -0.4 is 15.2 Å². The number of ether oxygens (including phenoxy) is 1. The van der Waals surface area contributed by atoms with E-state index in [-0.39, 0.29) is 5.43 Å². The van der Waals surface area contributed by atoms with E-state index in [1.54, 1.807) is 0 Å². The van der Waals surface area contributed by atoms with Gasteiger partial charge in [-0.1, -0.05) is 6.42 Å². The number of aromatic nitrogens is 1. The Balaban J connectivity index is 1.64. The van der Waals surface area contributed by atoms with E-state index >= 15 is 0 Å². The number of fused-ring (bicyclic) bond motifs is 1. The van der Waals surface area contributed by atoms with E-state index in [4.69, 9.17) is 4.74 Å². The summed E-state index contributed by atoms with van der Waals surface area (Å²) in [6.45, 7) is 6.13. The van der Waals surface area contributed by atoms with E-state index in [1.807, 2.05) is 6.92 Å². The molecule has 4 rings (SSSR count). The van der Waals surface area contributed by atoms with Crippen molar-refractivity contribution >= 4 is 16.6 Å². The quantitative estimate of drug-likeness (QED) is 0.866. The third kappa shape index (κ3) is 3.90. The second-order valence-electron chi connectivity index (χ2n) is 8.25. The van der Waals surface area contributed by atoms with Gasteiger partial charge >= 0.3 is 0 Å². The molecule has 0 amide bonds. The first-order valence-corrected chi connectivity index (χ1v) is 10.4. The van der Waals surface area contributed by atoms with Gasteiger partial charge in [0.2, 0.25) is 0 Å². The van der Waals surface area contributed by atoms with Gasteiger partial charge in [-0.25, -0.2) is 0 Å². The van der Waals surface area contributed by atoms with E-state index in [2.05, 4.69) is 35.1 Å². The predicted octanol–water partition coefficient (Wildman–Crippen LogP) is 2.02. The topological polar surface area (TPSA) is 49.8 Å². The molecule has 2 heterocycles. The summed E-state index contributed by atoms with van der Waals surface area (Å²) in [5, 5.41) is 0.816. The van der Waals surface area contributed by atoms with Gasteiger partial charge in [0, 0.05) is 35.4 Å². The molecule has 0 bridgehead atoms. The number of anilines is 1. The molecule has 1 aliphatic heterocycles. The highest BCUT2D eigenvalue weighted by Crippen LogP contribution is 2.21. The van der Waals surface area contributed by atoms with Crippen molar-refractivity contribution in [2.75, 3.05) is 38.3 Å². The van der Waals surface area contributed by atoms with Gasteiger partial charge in [-0.05, 0) is 50.8 Å². The van der Waals surface area contributed by atoms with Gasteiger partial charge < -0.3 is 19.5 Å². The monoisotopic (exact) mass is 370 g/mol. The van der Waals surface area contributed by atoms with Crippen LogP contribution in [0.3, 0.4) is 0 Å². The Morgan fingerprint density at radius 3 is 2.67 bits per heavy atom. The summed E-state index contributed by atoms with van der Waals surface area (Å²) >= 11 is 0. The summed E-state index contributed by atoms with van der Waals surface area (Å²) in [4.78, 5) is 20.6. The fraction of sp³-hybridized carbons (Fsp3) is 0.591. The van der Waals surface area contributed by atoms with Crippen LogP contribution in [0.25, 0.3) is 10.9 Å². The summed E-state index contributed by atoms with van der Waals surface area (Å²) in [6, 6.07) is 6.92. The highest BCUT2D eigenvalue weighted by atomic mass is 16.5. The molecule has 0 spiro atoms. The molecular formula is C22H32N3O2+. The van der Waals surface area contributed by atoms with Crippen molar-refractivity contribution in [2.45, 2.75) is 51.6 Å². The van der Waals surface area contributed by atoms with Gasteiger partial charge in [0.15, 0.2) is 5.43 Å². The van der Waals surface area contributed by atoms with Crippen molar-refractivity contribution in [3.05, 3.63) is 39.7 Å². The Kier molecular flexibility index (Phi) is 5.50. The van der Waals surface area contributed by atoms with Crippen molar-refractivity contribution in [2.24, 2.45) is 0 Å². The molecule has 5 heteroatoms. The van der Waals surface area contributed by atoms with Gasteiger partial charge in [-0.2, -0.15) is 0 Å². The molecule has 1 unspecified atom stereocenters. The van der Waals surface area contributed by atoms with Crippen LogP contribution in [-0.4, -0.2) is 44.4 Å². The smallest absolute Gasteiger partial charge is 0.198 e. The minimum absolute atomic E-state index is 0.200. The summed E-state index contributed by atoms with van der Waals surface area (Å²) in [5.41, 5.74) is 4.23. The Bertz CT molecular complexity index is 848. The Hall–Kier alpha value is -1.85. The Morgan fingerprint density at radius 1 is 1.19 bits per heavy atom. The van der Waals surface area contributed by atoms with E-state index in [0.717, 1.165) is 60.7 Å². The molecule has 5 nitrogen and oxygen atoms in total. The Labute approximate surface area is 161 Å². The van der Waals surface area contributed by atoms with Gasteiger partial charge in [-0.3, -0.25) is 4.79 Å². The number of hydrogen-bond acceptors (Lipinski definition) is 3. The third-order valence-electron chi connectivity index (χ3n) is 6.43. The Morgan fingerprint density at radius 2 is 1.93 bits per heavy atom. The van der Waals surface area contributed by atoms with Crippen molar-refractivity contribution in [3.8, 4) is 0 Å². The number of nitrogens with zero attached hydrogens (tertiary/aromatic N) is 1. The number of aromatic amines is 1. The van der Waals surface area contributed by atoms with Gasteiger partial charge in [-0.15, -0.1) is 0 Å². The lowest BCUT2D eigenvalue weighted by Gasteiger charge is -2.29. The predicted molar refractivity (Wildman–Crippen MR) is 110 cm³/mol. The van der Waals surface area contributed by atoms with Crippen molar-refractivity contribution < 1.29 is 9.64 Å². The first-order chi connectivity index (χ1) is 13.1. The van der Waals surface area contributed by atoms with Crippen molar-refractivity contribution in [1.29, 1.82) is 0 Å². The standard InChI is InChI=1S/C22H31N3O2/c1-16-20(15-24(2)17-6-4-3-5-7-17)22(26)19-14-18(8-9-21(19)23-16)25-10-12-27-13-11-25/h8-9,14,17H,3-7,10-13,15H2,1-2H3,(H,23,26)/p+1. The normalized spacial score (nSPS) is 20.1. The van der Waals surface area contributed by atoms with Crippen molar-refractivity contribution in [3.63, 3.8) is 0 Å². The van der Waals surface area contributed by atoms with Gasteiger partial charge in [0.05, 0.1) is 31.9 Å². The molecule has 27 heavy (non-hydrogen) atoms. The molecule has 2 N–H and O–H groups in total. The summed E-state index contributed by atoms with van der Waals surface area (Å²) in [6.07, 6.45) is 6.61. The van der Waals surface area contributed by atoms with Crippen LogP contribution in [0.15, 0.2) is 23.0 Å². The highest BCUT2D eigenvalue weighted by Gasteiger charge is 2.23. The minimum Gasteiger partial charge on any atom is -0.378 e. The second-order valence-corrected chi connectivity index (χ2v) is 8.25. The van der Waals surface area contributed by atoms with Crippen LogP contribution in [0.1, 0.15) is 43.4 Å². The molecular weight excluding hydrogens is 338 g/mol. The van der Waals surface area contributed by atoms with Crippen LogP contribution >= 0.6 is 0 Å². The number of H-pyrrole nitrogens is 1. The van der Waals surface area contributed by atoms with E-state index in [1.165, 1.54) is 37.0 Å². The lowest BCUT2D eigenvalue weighted by atomic mass is 9.94. The second kappa shape index (κ2) is 8.03. The maximum Gasteiger partial charge on any atom is 0.198 e. The molecule has 2 fully saturated rings. The zero-order chi connectivity index (χ0) is 18.8. The molecule has 1 atom stereocenters. The molecule has 1 saturated heterocycles. The van der Waals surface area contributed by atoms with Gasteiger partial charge in [0.25, 0.3) is 0 Å². The maximum absolute atomic E-state index is 13.3. The molecule has 0 radical (unpaired) electrons. The molecule has 2 aromatic rings. The van der Waals surface area contributed by atoms with Crippen LogP contribution in [0.4, 0.5) is 5.69 Å². The molecule has 1 aromatic carbocycles. The largest absolute Gasteiger partial charge is 0.378 e. The SMILES string of the molecule is Cc1[nH]c2ccc(N3CCOCC3)cc2c(=O)c1C[NH+](C)C1CCCCC1. The zero-order valence-electron chi connectivity index (χ0n) is 16.6. The number of pyridine rings is 1.